The molecule has 24 heavy (non-hydrogen) atoms. The first-order chi connectivity index (χ1) is 11.5. The van der Waals surface area contributed by atoms with Gasteiger partial charge in [-0.2, -0.15) is 5.26 Å². The summed E-state index contributed by atoms with van der Waals surface area (Å²) in [5.74, 6) is -1.20. The van der Waals surface area contributed by atoms with Crippen LogP contribution in [0.4, 0.5) is 5.69 Å². The summed E-state index contributed by atoms with van der Waals surface area (Å²) in [4.78, 5) is 23.4. The van der Waals surface area contributed by atoms with Crippen LogP contribution in [0.1, 0.15) is 15.9 Å². The second kappa shape index (κ2) is 7.61. The third-order valence-corrected chi connectivity index (χ3v) is 3.18. The molecule has 0 aromatic heterocycles. The van der Waals surface area contributed by atoms with Crippen molar-refractivity contribution < 1.29 is 19.4 Å². The Bertz CT molecular complexity index is 850. The Kier molecular flexibility index (Phi) is 5.32. The highest BCUT2D eigenvalue weighted by atomic mass is 16.5. The van der Waals surface area contributed by atoms with Crippen molar-refractivity contribution in [1.29, 1.82) is 5.26 Å². The van der Waals surface area contributed by atoms with Crippen LogP contribution in [0, 0.1) is 11.3 Å². The number of hydrogen-bond acceptors (Lipinski definition) is 4. The molecule has 2 rings (SSSR count). The minimum Gasteiger partial charge on any atom is -0.497 e. The number of nitriles is 1. The highest BCUT2D eigenvalue weighted by Gasteiger charge is 2.13. The van der Waals surface area contributed by atoms with Crippen molar-refractivity contribution in [3.8, 4) is 11.8 Å². The molecule has 0 aliphatic carbocycles. The normalized spacial score (nSPS) is 10.6. The Morgan fingerprint density at radius 3 is 2.62 bits per heavy atom. The number of nitrogens with zero attached hydrogens (tertiary/aromatic N) is 1. The van der Waals surface area contributed by atoms with Gasteiger partial charge in [0, 0.05) is 11.8 Å². The summed E-state index contributed by atoms with van der Waals surface area (Å²) >= 11 is 0. The van der Waals surface area contributed by atoms with E-state index in [0.29, 0.717) is 11.4 Å². The lowest BCUT2D eigenvalue weighted by Crippen LogP contribution is -2.13. The van der Waals surface area contributed by atoms with Gasteiger partial charge in [0.25, 0.3) is 5.91 Å². The van der Waals surface area contributed by atoms with Crippen molar-refractivity contribution in [2.45, 2.75) is 0 Å². The number of carboxylic acid groups (broad SMARTS) is 1. The van der Waals surface area contributed by atoms with E-state index in [0.717, 1.165) is 0 Å². The molecule has 0 saturated heterocycles. The standard InChI is InChI=1S/C18H14N2O4/c1-24-15-7-4-6-14(10-15)20-17(21)13(11-19)9-12-5-2-3-8-16(12)18(22)23/h2-10H,1H3,(H,20,21)(H,22,23)/b13-9-. The van der Waals surface area contributed by atoms with Gasteiger partial charge >= 0.3 is 5.97 Å². The Hall–Kier alpha value is -3.59. The highest BCUT2D eigenvalue weighted by Crippen LogP contribution is 2.18. The maximum Gasteiger partial charge on any atom is 0.336 e. The van der Waals surface area contributed by atoms with Gasteiger partial charge in [0.1, 0.15) is 17.4 Å². The molecule has 0 fully saturated rings. The fraction of sp³-hybridized carbons (Fsp3) is 0.0556. The number of carbonyl (C=O) groups excluding carboxylic acids is 1. The molecule has 2 N–H and O–H groups in total. The van der Waals surface area contributed by atoms with E-state index in [2.05, 4.69) is 5.32 Å². The Labute approximate surface area is 138 Å². The minimum atomic E-state index is -1.13. The molecule has 0 aliphatic heterocycles. The number of hydrogen-bond donors (Lipinski definition) is 2. The van der Waals surface area contributed by atoms with Crippen molar-refractivity contribution in [1.82, 2.24) is 0 Å². The number of aromatic carboxylic acids is 1. The number of amides is 1. The zero-order valence-electron chi connectivity index (χ0n) is 12.8. The van der Waals surface area contributed by atoms with Crippen molar-refractivity contribution in [2.75, 3.05) is 12.4 Å². The predicted octanol–water partition coefficient (Wildman–Crippen LogP) is 2.94. The van der Waals surface area contributed by atoms with Gasteiger partial charge in [-0.25, -0.2) is 4.79 Å². The topological polar surface area (TPSA) is 99.4 Å². The molecule has 0 spiro atoms. The van der Waals surface area contributed by atoms with Crippen LogP contribution in [0.3, 0.4) is 0 Å². The molecule has 6 heteroatoms. The maximum atomic E-state index is 12.2. The van der Waals surface area contributed by atoms with Crippen molar-refractivity contribution in [3.05, 3.63) is 65.2 Å². The number of ether oxygens (including phenoxy) is 1. The summed E-state index contributed by atoms with van der Waals surface area (Å²) in [6.45, 7) is 0. The lowest BCUT2D eigenvalue weighted by Gasteiger charge is -2.07. The van der Waals surface area contributed by atoms with Crippen molar-refractivity contribution in [2.24, 2.45) is 0 Å². The predicted molar refractivity (Wildman–Crippen MR) is 88.6 cm³/mol. The Balaban J connectivity index is 2.29. The number of anilines is 1. The van der Waals surface area contributed by atoms with Crippen LogP contribution in [0.2, 0.25) is 0 Å². The van der Waals surface area contributed by atoms with Gasteiger partial charge in [0.2, 0.25) is 0 Å². The van der Waals surface area contributed by atoms with E-state index < -0.39 is 11.9 Å². The van der Waals surface area contributed by atoms with E-state index in [-0.39, 0.29) is 16.7 Å². The lowest BCUT2D eigenvalue weighted by molar-refractivity contribution is -0.112. The van der Waals surface area contributed by atoms with Crippen LogP contribution in [0.25, 0.3) is 6.08 Å². The average Bonchev–Trinajstić information content (AvgIpc) is 2.59. The van der Waals surface area contributed by atoms with E-state index in [9.17, 15) is 14.9 Å². The van der Waals surface area contributed by atoms with Gasteiger partial charge in [-0.15, -0.1) is 0 Å². The van der Waals surface area contributed by atoms with Gasteiger partial charge in [0.05, 0.1) is 12.7 Å². The lowest BCUT2D eigenvalue weighted by atomic mass is 10.0. The maximum absolute atomic E-state index is 12.2. The quantitative estimate of drug-likeness (QED) is 0.651. The molecule has 0 atom stereocenters. The fourth-order valence-corrected chi connectivity index (χ4v) is 2.02. The molecule has 2 aromatic rings. The summed E-state index contributed by atoms with van der Waals surface area (Å²) in [6, 6.07) is 14.6. The van der Waals surface area contributed by atoms with Gasteiger partial charge < -0.3 is 15.2 Å². The number of carboxylic acids is 1. The summed E-state index contributed by atoms with van der Waals surface area (Å²) in [6.07, 6.45) is 1.25. The monoisotopic (exact) mass is 322 g/mol. The zero-order chi connectivity index (χ0) is 17.5. The van der Waals surface area contributed by atoms with Crippen LogP contribution < -0.4 is 10.1 Å². The summed E-state index contributed by atoms with van der Waals surface area (Å²) in [7, 11) is 1.50. The first-order valence-corrected chi connectivity index (χ1v) is 6.94. The minimum absolute atomic E-state index is 0.0134. The number of rotatable bonds is 5. The fourth-order valence-electron chi connectivity index (χ4n) is 2.02. The first kappa shape index (κ1) is 16.8. The van der Waals surface area contributed by atoms with Crippen LogP contribution in [-0.2, 0) is 4.79 Å². The van der Waals surface area contributed by atoms with Crippen LogP contribution in [-0.4, -0.2) is 24.1 Å². The number of benzene rings is 2. The van der Waals surface area contributed by atoms with Gasteiger partial charge in [0.15, 0.2) is 0 Å². The van der Waals surface area contributed by atoms with Crippen LogP contribution in [0.5, 0.6) is 5.75 Å². The number of methoxy groups -OCH3 is 1. The molecular formula is C18H14N2O4. The molecule has 120 valence electrons. The first-order valence-electron chi connectivity index (χ1n) is 6.94. The van der Waals surface area contributed by atoms with E-state index in [1.54, 1.807) is 42.5 Å². The zero-order valence-corrected chi connectivity index (χ0v) is 12.8. The largest absolute Gasteiger partial charge is 0.497 e. The average molecular weight is 322 g/mol. The molecular weight excluding hydrogens is 308 g/mol. The van der Waals surface area contributed by atoms with E-state index in [1.165, 1.54) is 25.3 Å². The molecule has 6 nitrogen and oxygen atoms in total. The highest BCUT2D eigenvalue weighted by molar-refractivity contribution is 6.10. The summed E-state index contributed by atoms with van der Waals surface area (Å²) in [5.41, 5.74) is 0.556. The number of carbonyl (C=O) groups is 2. The van der Waals surface area contributed by atoms with E-state index in [4.69, 9.17) is 9.84 Å². The van der Waals surface area contributed by atoms with E-state index >= 15 is 0 Å². The third-order valence-electron chi connectivity index (χ3n) is 3.18. The van der Waals surface area contributed by atoms with Gasteiger partial charge in [-0.1, -0.05) is 24.3 Å². The van der Waals surface area contributed by atoms with Crippen molar-refractivity contribution in [3.63, 3.8) is 0 Å². The molecule has 0 aliphatic rings. The molecule has 1 amide bonds. The van der Waals surface area contributed by atoms with Gasteiger partial charge in [-0.05, 0) is 29.8 Å². The molecule has 0 unspecified atom stereocenters. The Morgan fingerprint density at radius 1 is 1.21 bits per heavy atom. The van der Waals surface area contributed by atoms with Crippen LogP contribution >= 0.6 is 0 Å². The number of nitrogens with one attached hydrogen (secondary N) is 1. The third kappa shape index (κ3) is 3.99. The molecule has 0 radical (unpaired) electrons. The smallest absolute Gasteiger partial charge is 0.336 e. The SMILES string of the molecule is COc1cccc(NC(=O)/C(C#N)=C\c2ccccc2C(=O)O)c1. The van der Waals surface area contributed by atoms with E-state index in [1.807, 2.05) is 0 Å². The van der Waals surface area contributed by atoms with Crippen LogP contribution in [0.15, 0.2) is 54.1 Å². The second-order valence-electron chi connectivity index (χ2n) is 4.75. The molecule has 0 heterocycles. The van der Waals surface area contributed by atoms with Gasteiger partial charge in [-0.3, -0.25) is 4.79 Å². The summed E-state index contributed by atoms with van der Waals surface area (Å²) in [5, 5.41) is 21.0. The molecule has 2 aromatic carbocycles. The van der Waals surface area contributed by atoms with Crippen molar-refractivity contribution >= 4 is 23.6 Å². The molecule has 0 saturated carbocycles. The summed E-state index contributed by atoms with van der Waals surface area (Å²) < 4.78 is 5.06. The Morgan fingerprint density at radius 2 is 1.96 bits per heavy atom. The molecule has 0 bridgehead atoms. The second-order valence-corrected chi connectivity index (χ2v) is 4.75.